The van der Waals surface area contributed by atoms with Gasteiger partial charge in [-0.2, -0.15) is 0 Å². The van der Waals surface area contributed by atoms with Crippen molar-refractivity contribution in [2.24, 2.45) is 10.4 Å². The molecule has 0 heterocycles. The number of guanidine groups is 1. The van der Waals surface area contributed by atoms with E-state index in [0.29, 0.717) is 11.5 Å². The fraction of sp³-hybridized carbons (Fsp3) is 0.900. The van der Waals surface area contributed by atoms with Gasteiger partial charge < -0.3 is 20.4 Å². The van der Waals surface area contributed by atoms with Crippen molar-refractivity contribution in [1.29, 1.82) is 0 Å². The van der Waals surface area contributed by atoms with Crippen molar-refractivity contribution in [3.63, 3.8) is 0 Å². The molecule has 2 saturated carbocycles. The Morgan fingerprint density at radius 2 is 1.67 bits per heavy atom. The monoisotopic (exact) mass is 493 g/mol. The molecule has 6 nitrogen and oxygen atoms in total. The van der Waals surface area contributed by atoms with E-state index >= 15 is 0 Å². The Labute approximate surface area is 182 Å². The van der Waals surface area contributed by atoms with Crippen LogP contribution in [0.5, 0.6) is 0 Å². The number of hydrogen-bond acceptors (Lipinski definition) is 3. The Morgan fingerprint density at radius 1 is 1.04 bits per heavy atom. The molecule has 7 heteroatoms. The summed E-state index contributed by atoms with van der Waals surface area (Å²) in [6, 6.07) is 0.484. The third kappa shape index (κ3) is 8.54. The SMILES string of the molecule is CN(C)CC1(CNC(=NCC(=O)N(C)C)NC2CCCCC2)CCCC1.I. The molecule has 0 atom stereocenters. The van der Waals surface area contributed by atoms with Gasteiger partial charge in [0.15, 0.2) is 5.96 Å². The molecule has 0 aromatic heterocycles. The van der Waals surface area contributed by atoms with Crippen molar-refractivity contribution in [1.82, 2.24) is 20.4 Å². The van der Waals surface area contributed by atoms with Crippen molar-refractivity contribution in [2.45, 2.75) is 63.8 Å². The number of amides is 1. The van der Waals surface area contributed by atoms with Crippen LogP contribution in [0.25, 0.3) is 0 Å². The first-order chi connectivity index (χ1) is 12.4. The first kappa shape index (κ1) is 24.5. The quantitative estimate of drug-likeness (QED) is 0.325. The molecule has 27 heavy (non-hydrogen) atoms. The second-order valence-electron chi connectivity index (χ2n) is 8.73. The smallest absolute Gasteiger partial charge is 0.243 e. The predicted molar refractivity (Wildman–Crippen MR) is 124 cm³/mol. The number of hydrogen-bond donors (Lipinski definition) is 2. The largest absolute Gasteiger partial charge is 0.356 e. The molecule has 2 aliphatic carbocycles. The number of likely N-dealkylation sites (N-methyl/N-ethyl adjacent to an activating group) is 1. The molecule has 0 aromatic rings. The van der Waals surface area contributed by atoms with Gasteiger partial charge in [0.05, 0.1) is 0 Å². The van der Waals surface area contributed by atoms with E-state index in [1.807, 2.05) is 0 Å². The van der Waals surface area contributed by atoms with Crippen molar-refractivity contribution in [3.05, 3.63) is 0 Å². The highest BCUT2D eigenvalue weighted by molar-refractivity contribution is 14.0. The van der Waals surface area contributed by atoms with Gasteiger partial charge in [0.2, 0.25) is 5.91 Å². The highest BCUT2D eigenvalue weighted by Crippen LogP contribution is 2.37. The number of nitrogens with one attached hydrogen (secondary N) is 2. The van der Waals surface area contributed by atoms with Gasteiger partial charge in [-0.1, -0.05) is 32.1 Å². The summed E-state index contributed by atoms with van der Waals surface area (Å²) in [6.07, 6.45) is 11.5. The van der Waals surface area contributed by atoms with E-state index in [2.05, 4.69) is 34.6 Å². The van der Waals surface area contributed by atoms with Crippen LogP contribution in [-0.2, 0) is 4.79 Å². The van der Waals surface area contributed by atoms with E-state index in [9.17, 15) is 4.79 Å². The first-order valence-electron chi connectivity index (χ1n) is 10.3. The highest BCUT2D eigenvalue weighted by atomic mass is 127. The average Bonchev–Trinajstić information content (AvgIpc) is 3.05. The van der Waals surface area contributed by atoms with Crippen LogP contribution < -0.4 is 10.6 Å². The van der Waals surface area contributed by atoms with Gasteiger partial charge in [-0.3, -0.25) is 4.79 Å². The van der Waals surface area contributed by atoms with Crippen molar-refractivity contribution in [2.75, 3.05) is 47.8 Å². The van der Waals surface area contributed by atoms with Gasteiger partial charge in [-0.15, -0.1) is 24.0 Å². The number of nitrogens with zero attached hydrogens (tertiary/aromatic N) is 3. The fourth-order valence-corrected chi connectivity index (χ4v) is 4.34. The minimum absolute atomic E-state index is 0. The van der Waals surface area contributed by atoms with Crippen molar-refractivity contribution >= 4 is 35.8 Å². The molecule has 0 bridgehead atoms. The van der Waals surface area contributed by atoms with Crippen LogP contribution in [0, 0.1) is 5.41 Å². The summed E-state index contributed by atoms with van der Waals surface area (Å²) < 4.78 is 0. The van der Waals surface area contributed by atoms with Gasteiger partial charge in [0.25, 0.3) is 0 Å². The van der Waals surface area contributed by atoms with Gasteiger partial charge >= 0.3 is 0 Å². The summed E-state index contributed by atoms with van der Waals surface area (Å²) in [5, 5.41) is 7.19. The fourth-order valence-electron chi connectivity index (χ4n) is 4.34. The average molecular weight is 493 g/mol. The minimum atomic E-state index is 0. The number of rotatable bonds is 7. The zero-order valence-corrected chi connectivity index (χ0v) is 20.1. The molecule has 158 valence electrons. The topological polar surface area (TPSA) is 60.0 Å². The molecule has 0 saturated heterocycles. The van der Waals surface area contributed by atoms with Crippen LogP contribution in [0.2, 0.25) is 0 Å². The number of halogens is 1. The molecule has 0 aromatic carbocycles. The van der Waals surface area contributed by atoms with Crippen LogP contribution >= 0.6 is 24.0 Å². The van der Waals surface area contributed by atoms with Crippen LogP contribution in [0.3, 0.4) is 0 Å². The van der Waals surface area contributed by atoms with Gasteiger partial charge in [0, 0.05) is 38.6 Å². The molecule has 2 fully saturated rings. The third-order valence-electron chi connectivity index (χ3n) is 5.76. The Kier molecular flexibility index (Phi) is 11.0. The Bertz CT molecular complexity index is 469. The second-order valence-corrected chi connectivity index (χ2v) is 8.73. The lowest BCUT2D eigenvalue weighted by Gasteiger charge is -2.33. The first-order valence-corrected chi connectivity index (χ1v) is 10.3. The summed E-state index contributed by atoms with van der Waals surface area (Å²) in [7, 11) is 7.88. The lowest BCUT2D eigenvalue weighted by atomic mass is 9.85. The van der Waals surface area contributed by atoms with Crippen molar-refractivity contribution < 1.29 is 4.79 Å². The summed E-state index contributed by atoms with van der Waals surface area (Å²) in [5.41, 5.74) is 0.323. The number of aliphatic imine (C=N–C) groups is 1. The molecule has 1 amide bonds. The van der Waals surface area contributed by atoms with Gasteiger partial charge in [0.1, 0.15) is 6.54 Å². The van der Waals surface area contributed by atoms with Crippen LogP contribution in [0.15, 0.2) is 4.99 Å². The summed E-state index contributed by atoms with van der Waals surface area (Å²) in [4.78, 5) is 20.5. The molecule has 0 unspecified atom stereocenters. The van der Waals surface area contributed by atoms with Crippen LogP contribution in [0.1, 0.15) is 57.8 Å². The minimum Gasteiger partial charge on any atom is -0.356 e. The molecular weight excluding hydrogens is 453 g/mol. The lowest BCUT2D eigenvalue weighted by Crippen LogP contribution is -2.49. The van der Waals surface area contributed by atoms with Gasteiger partial charge in [-0.05, 0) is 39.8 Å². The van der Waals surface area contributed by atoms with E-state index < -0.39 is 0 Å². The second kappa shape index (κ2) is 12.1. The maximum atomic E-state index is 12.0. The lowest BCUT2D eigenvalue weighted by molar-refractivity contribution is -0.127. The molecule has 2 N–H and O–H groups in total. The molecule has 0 radical (unpaired) electrons. The molecular formula is C20H40IN5O. The number of carbonyl (C=O) groups is 1. The van der Waals surface area contributed by atoms with E-state index in [1.54, 1.807) is 19.0 Å². The summed E-state index contributed by atoms with van der Waals surface area (Å²) in [5.74, 6) is 0.857. The van der Waals surface area contributed by atoms with E-state index in [-0.39, 0.29) is 36.4 Å². The van der Waals surface area contributed by atoms with Gasteiger partial charge in [-0.25, -0.2) is 4.99 Å². The Hall–Kier alpha value is -0.570. The van der Waals surface area contributed by atoms with E-state index in [1.165, 1.54) is 57.8 Å². The maximum Gasteiger partial charge on any atom is 0.243 e. The summed E-state index contributed by atoms with van der Waals surface area (Å²) in [6.45, 7) is 2.24. The Balaban J connectivity index is 0.00000364. The van der Waals surface area contributed by atoms with Crippen LogP contribution in [-0.4, -0.2) is 75.5 Å². The van der Waals surface area contributed by atoms with Crippen LogP contribution in [0.4, 0.5) is 0 Å². The normalized spacial score (nSPS) is 20.3. The Morgan fingerprint density at radius 3 is 2.22 bits per heavy atom. The molecule has 2 aliphatic rings. The maximum absolute atomic E-state index is 12.0. The number of carbonyl (C=O) groups excluding carboxylic acids is 1. The zero-order valence-electron chi connectivity index (χ0n) is 17.7. The molecule has 2 rings (SSSR count). The standard InChI is InChI=1S/C20H39N5O.HI/c1-24(2)16-20(12-8-9-13-20)15-22-19(21-14-18(26)25(3)4)23-17-10-6-5-7-11-17;/h17H,5-16H2,1-4H3,(H2,21,22,23);1H. The molecule has 0 spiro atoms. The third-order valence-corrected chi connectivity index (χ3v) is 5.76. The van der Waals surface area contributed by atoms with E-state index in [4.69, 9.17) is 0 Å². The zero-order chi connectivity index (χ0) is 19.0. The van der Waals surface area contributed by atoms with Crippen molar-refractivity contribution in [3.8, 4) is 0 Å². The summed E-state index contributed by atoms with van der Waals surface area (Å²) >= 11 is 0. The van der Waals surface area contributed by atoms with E-state index in [0.717, 1.165) is 19.0 Å². The highest BCUT2D eigenvalue weighted by Gasteiger charge is 2.34. The predicted octanol–water partition coefficient (Wildman–Crippen LogP) is 2.68. The molecule has 0 aliphatic heterocycles.